The molecule has 0 spiro atoms. The Morgan fingerprint density at radius 3 is 2.67 bits per heavy atom. The summed E-state index contributed by atoms with van der Waals surface area (Å²) in [5.74, 6) is 0.669. The van der Waals surface area contributed by atoms with E-state index in [1.165, 1.54) is 0 Å². The molecule has 1 N–H and O–H groups in total. The number of aliphatic hydroxyl groups excluding tert-OH is 1. The third-order valence-corrected chi connectivity index (χ3v) is 5.50. The molecule has 0 aromatic heterocycles. The summed E-state index contributed by atoms with van der Waals surface area (Å²) in [4.78, 5) is 17.3. The molecule has 1 atom stereocenters. The molecule has 0 bridgehead atoms. The minimum absolute atomic E-state index is 0.0409. The fourth-order valence-corrected chi connectivity index (χ4v) is 4.04. The Labute approximate surface area is 162 Å². The highest BCUT2D eigenvalue weighted by Crippen LogP contribution is 2.25. The van der Waals surface area contributed by atoms with Crippen LogP contribution in [0.3, 0.4) is 0 Å². The molecule has 2 aliphatic rings. The molecule has 0 aliphatic carbocycles. The monoisotopic (exact) mass is 376 g/mol. The van der Waals surface area contributed by atoms with Crippen molar-refractivity contribution in [3.63, 3.8) is 0 Å². The molecular weight excluding hydrogens is 344 g/mol. The lowest BCUT2D eigenvalue weighted by Crippen LogP contribution is -2.50. The first-order valence-electron chi connectivity index (χ1n) is 10.2. The van der Waals surface area contributed by atoms with Gasteiger partial charge in [0.05, 0.1) is 18.3 Å². The van der Waals surface area contributed by atoms with E-state index in [1.54, 1.807) is 0 Å². The average Bonchev–Trinajstić information content (AvgIpc) is 2.71. The Morgan fingerprint density at radius 1 is 1.15 bits per heavy atom. The van der Waals surface area contributed by atoms with Gasteiger partial charge >= 0.3 is 0 Å². The number of nitrogens with zero attached hydrogens (tertiary/aromatic N) is 2. The summed E-state index contributed by atoms with van der Waals surface area (Å²) in [6.45, 7) is 6.91. The van der Waals surface area contributed by atoms with E-state index in [4.69, 9.17) is 9.47 Å². The van der Waals surface area contributed by atoms with Crippen molar-refractivity contribution in [3.8, 4) is 5.75 Å². The van der Waals surface area contributed by atoms with Crippen LogP contribution in [-0.2, 0) is 4.74 Å². The second-order valence-electron chi connectivity index (χ2n) is 7.36. The number of aliphatic hydroxyl groups is 1. The number of amides is 1. The number of carbonyl (C=O) groups excluding carboxylic acids is 1. The third kappa shape index (κ3) is 5.43. The second-order valence-corrected chi connectivity index (χ2v) is 7.36. The zero-order chi connectivity index (χ0) is 19.1. The molecule has 1 aromatic rings. The smallest absolute Gasteiger partial charge is 0.257 e. The van der Waals surface area contributed by atoms with E-state index in [0.29, 0.717) is 37.2 Å². The molecule has 2 heterocycles. The van der Waals surface area contributed by atoms with Crippen molar-refractivity contribution in [2.45, 2.75) is 44.8 Å². The number of likely N-dealkylation sites (tertiary alicyclic amines) is 2. The minimum Gasteiger partial charge on any atom is -0.490 e. The standard InChI is InChI=1S/C21H32N2O4/c1-2-26-14-15-27-20-8-4-3-7-19(20)21(25)22-12-9-17(10-13-22)23-11-5-6-18(24)16-23/h3-4,7-8,17-18,24H,2,5-6,9-16H2,1H3/t18-/m0/s1. The highest BCUT2D eigenvalue weighted by Gasteiger charge is 2.30. The van der Waals surface area contributed by atoms with Crippen LogP contribution in [0.25, 0.3) is 0 Å². The first-order chi connectivity index (χ1) is 13.2. The summed E-state index contributed by atoms with van der Waals surface area (Å²) in [6.07, 6.45) is 3.71. The maximum atomic E-state index is 13.0. The first-order valence-corrected chi connectivity index (χ1v) is 10.2. The van der Waals surface area contributed by atoms with Gasteiger partial charge in [-0.15, -0.1) is 0 Å². The van der Waals surface area contributed by atoms with Crippen LogP contribution in [0.15, 0.2) is 24.3 Å². The molecule has 6 heteroatoms. The van der Waals surface area contributed by atoms with Crippen LogP contribution in [0, 0.1) is 0 Å². The molecule has 1 aromatic carbocycles. The molecule has 0 unspecified atom stereocenters. The minimum atomic E-state index is -0.195. The number of piperidine rings is 2. The van der Waals surface area contributed by atoms with E-state index in [1.807, 2.05) is 36.1 Å². The number of hydrogen-bond acceptors (Lipinski definition) is 5. The average molecular weight is 376 g/mol. The van der Waals surface area contributed by atoms with Gasteiger partial charge in [0.25, 0.3) is 5.91 Å². The van der Waals surface area contributed by atoms with E-state index >= 15 is 0 Å². The first kappa shape index (κ1) is 20.1. The Hall–Kier alpha value is -1.63. The molecule has 2 aliphatic heterocycles. The van der Waals surface area contributed by atoms with Crippen molar-refractivity contribution in [2.75, 3.05) is 46.0 Å². The van der Waals surface area contributed by atoms with Gasteiger partial charge < -0.3 is 19.5 Å². The van der Waals surface area contributed by atoms with E-state index in [0.717, 1.165) is 51.9 Å². The van der Waals surface area contributed by atoms with Gasteiger partial charge in [0.1, 0.15) is 12.4 Å². The Bertz CT molecular complexity index is 602. The van der Waals surface area contributed by atoms with Crippen LogP contribution < -0.4 is 4.74 Å². The normalized spacial score (nSPS) is 22.0. The van der Waals surface area contributed by atoms with E-state index < -0.39 is 0 Å². The molecule has 0 radical (unpaired) electrons. The molecule has 150 valence electrons. The SMILES string of the molecule is CCOCCOc1ccccc1C(=O)N1CCC(N2CCC[C@H](O)C2)CC1. The fraction of sp³-hybridized carbons (Fsp3) is 0.667. The second kappa shape index (κ2) is 10.1. The maximum absolute atomic E-state index is 13.0. The summed E-state index contributed by atoms with van der Waals surface area (Å²) in [5.41, 5.74) is 0.626. The van der Waals surface area contributed by atoms with Crippen molar-refractivity contribution in [1.82, 2.24) is 9.80 Å². The van der Waals surface area contributed by atoms with Crippen molar-refractivity contribution in [1.29, 1.82) is 0 Å². The van der Waals surface area contributed by atoms with Gasteiger partial charge in [-0.05, 0) is 51.3 Å². The molecule has 2 fully saturated rings. The van der Waals surface area contributed by atoms with Crippen molar-refractivity contribution >= 4 is 5.91 Å². The lowest BCUT2D eigenvalue weighted by molar-refractivity contribution is 0.0239. The molecule has 0 saturated carbocycles. The molecule has 2 saturated heterocycles. The predicted octanol–water partition coefficient (Wildman–Crippen LogP) is 2.16. The van der Waals surface area contributed by atoms with Gasteiger partial charge in [-0.25, -0.2) is 0 Å². The maximum Gasteiger partial charge on any atom is 0.257 e. The van der Waals surface area contributed by atoms with Gasteiger partial charge in [-0.1, -0.05) is 12.1 Å². The lowest BCUT2D eigenvalue weighted by Gasteiger charge is -2.41. The number of benzene rings is 1. The molecular formula is C21H32N2O4. The van der Waals surface area contributed by atoms with Crippen molar-refractivity contribution in [2.24, 2.45) is 0 Å². The van der Waals surface area contributed by atoms with Crippen LogP contribution in [0.4, 0.5) is 0 Å². The largest absolute Gasteiger partial charge is 0.490 e. The van der Waals surface area contributed by atoms with Crippen LogP contribution in [0.1, 0.15) is 43.0 Å². The molecule has 27 heavy (non-hydrogen) atoms. The molecule has 3 rings (SSSR count). The quantitative estimate of drug-likeness (QED) is 0.739. The third-order valence-electron chi connectivity index (χ3n) is 5.50. The summed E-state index contributed by atoms with van der Waals surface area (Å²) in [7, 11) is 0. The van der Waals surface area contributed by atoms with E-state index in [9.17, 15) is 9.90 Å². The molecule has 6 nitrogen and oxygen atoms in total. The van der Waals surface area contributed by atoms with E-state index in [2.05, 4.69) is 4.90 Å². The highest BCUT2D eigenvalue weighted by atomic mass is 16.5. The Morgan fingerprint density at radius 2 is 1.93 bits per heavy atom. The van der Waals surface area contributed by atoms with Gasteiger partial charge in [-0.3, -0.25) is 9.69 Å². The number of β-amino-alcohol motifs (C(OH)–C–C–N with tert-alkyl or cyclic N) is 1. The van der Waals surface area contributed by atoms with Crippen molar-refractivity contribution in [3.05, 3.63) is 29.8 Å². The summed E-state index contributed by atoms with van der Waals surface area (Å²) >= 11 is 0. The van der Waals surface area contributed by atoms with Crippen LogP contribution in [0.5, 0.6) is 5.75 Å². The van der Waals surface area contributed by atoms with Gasteiger partial charge in [-0.2, -0.15) is 0 Å². The van der Waals surface area contributed by atoms with E-state index in [-0.39, 0.29) is 12.0 Å². The number of hydrogen-bond donors (Lipinski definition) is 1. The van der Waals surface area contributed by atoms with Crippen LogP contribution >= 0.6 is 0 Å². The topological polar surface area (TPSA) is 62.2 Å². The number of rotatable bonds is 7. The predicted molar refractivity (Wildman–Crippen MR) is 104 cm³/mol. The lowest BCUT2D eigenvalue weighted by atomic mass is 9.98. The van der Waals surface area contributed by atoms with Crippen molar-refractivity contribution < 1.29 is 19.4 Å². The number of para-hydroxylation sites is 1. The van der Waals surface area contributed by atoms with Gasteiger partial charge in [0.15, 0.2) is 0 Å². The highest BCUT2D eigenvalue weighted by molar-refractivity contribution is 5.97. The van der Waals surface area contributed by atoms with Crippen LogP contribution in [0.2, 0.25) is 0 Å². The number of ether oxygens (including phenoxy) is 2. The summed E-state index contributed by atoms with van der Waals surface area (Å²) in [5, 5.41) is 9.91. The Kier molecular flexibility index (Phi) is 7.50. The van der Waals surface area contributed by atoms with Gasteiger partial charge in [0.2, 0.25) is 0 Å². The number of carbonyl (C=O) groups is 1. The summed E-state index contributed by atoms with van der Waals surface area (Å²) < 4.78 is 11.1. The zero-order valence-electron chi connectivity index (χ0n) is 16.3. The fourth-order valence-electron chi connectivity index (χ4n) is 4.04. The molecule has 1 amide bonds. The van der Waals surface area contributed by atoms with Crippen LogP contribution in [-0.4, -0.2) is 79.0 Å². The summed E-state index contributed by atoms with van der Waals surface area (Å²) in [6, 6.07) is 7.93. The van der Waals surface area contributed by atoms with Gasteiger partial charge in [0, 0.05) is 32.3 Å². The Balaban J connectivity index is 1.54. The zero-order valence-corrected chi connectivity index (χ0v) is 16.3.